The molecule has 1 fully saturated rings. The van der Waals surface area contributed by atoms with Crippen LogP contribution in [0.25, 0.3) is 0 Å². The molecule has 1 atom stereocenters. The van der Waals surface area contributed by atoms with Gasteiger partial charge in [0.05, 0.1) is 17.2 Å². The van der Waals surface area contributed by atoms with E-state index in [-0.39, 0.29) is 72.6 Å². The Kier molecular flexibility index (Phi) is 11.2. The zero-order valence-corrected chi connectivity index (χ0v) is 29.0. The maximum absolute atomic E-state index is 13.7. The lowest BCUT2D eigenvalue weighted by molar-refractivity contribution is -0.605. The Morgan fingerprint density at radius 2 is 1.80 bits per heavy atom. The van der Waals surface area contributed by atoms with Crippen molar-refractivity contribution in [3.8, 4) is 11.5 Å². The van der Waals surface area contributed by atoms with Crippen molar-refractivity contribution in [1.82, 2.24) is 4.90 Å². The van der Waals surface area contributed by atoms with Gasteiger partial charge in [-0.15, -0.1) is 11.3 Å². The summed E-state index contributed by atoms with van der Waals surface area (Å²) in [4.78, 5) is 27.1. The molecule has 1 amide bonds. The molecule has 2 aromatic carbocycles. The van der Waals surface area contributed by atoms with Crippen LogP contribution in [0.2, 0.25) is 10.0 Å². The van der Waals surface area contributed by atoms with E-state index in [0.29, 0.717) is 4.73 Å². The number of rotatable bonds is 14. The summed E-state index contributed by atoms with van der Waals surface area (Å²) in [5.41, 5.74) is 0.593. The Morgan fingerprint density at radius 3 is 2.45 bits per heavy atom. The minimum Gasteiger partial charge on any atom is -0.619 e. The van der Waals surface area contributed by atoms with Crippen LogP contribution in [0.4, 0.5) is 14.5 Å². The number of carbonyl (C=O) groups excluding carboxylic acids is 2. The van der Waals surface area contributed by atoms with Crippen LogP contribution in [-0.4, -0.2) is 52.5 Å². The topological polar surface area (TPSA) is 138 Å². The number of alkyl halides is 2. The molecule has 0 aliphatic heterocycles. The number of carbonyl (C=O) groups is 2. The zero-order chi connectivity index (χ0) is 35.5. The summed E-state index contributed by atoms with van der Waals surface area (Å²) in [7, 11) is -1.21. The second-order valence-corrected chi connectivity index (χ2v) is 14.6. The number of pyridine rings is 1. The molecule has 11 nitrogen and oxygen atoms in total. The number of hydrogen-bond donors (Lipinski definition) is 1. The number of nitrogens with one attached hydrogen (secondary N) is 1. The zero-order valence-electron chi connectivity index (χ0n) is 25.9. The Morgan fingerprint density at radius 1 is 1.08 bits per heavy atom. The van der Waals surface area contributed by atoms with Gasteiger partial charge in [-0.3, -0.25) is 9.52 Å². The lowest BCUT2D eigenvalue weighted by atomic mass is 10.0. The molecule has 2 aromatic heterocycles. The number of nitrogens with zero attached hydrogens (tertiary/aromatic N) is 2. The van der Waals surface area contributed by atoms with Crippen molar-refractivity contribution in [2.24, 2.45) is 5.92 Å². The van der Waals surface area contributed by atoms with Gasteiger partial charge in [0, 0.05) is 31.6 Å². The van der Waals surface area contributed by atoms with Crippen molar-refractivity contribution in [3.63, 3.8) is 0 Å². The van der Waals surface area contributed by atoms with Crippen molar-refractivity contribution >= 4 is 62.1 Å². The Labute approximate surface area is 294 Å². The van der Waals surface area contributed by atoms with Crippen LogP contribution >= 0.6 is 34.5 Å². The molecule has 0 bridgehead atoms. The molecule has 0 spiro atoms. The first-order valence-electron chi connectivity index (χ1n) is 14.6. The van der Waals surface area contributed by atoms with Crippen LogP contribution in [0.5, 0.6) is 11.5 Å². The minimum atomic E-state index is -4.27. The van der Waals surface area contributed by atoms with E-state index in [0.717, 1.165) is 36.6 Å². The van der Waals surface area contributed by atoms with Gasteiger partial charge in [-0.25, -0.2) is 13.2 Å². The first kappa shape index (κ1) is 36.1. The first-order valence-corrected chi connectivity index (χ1v) is 17.7. The largest absolute Gasteiger partial charge is 0.619 e. The van der Waals surface area contributed by atoms with Gasteiger partial charge < -0.3 is 24.3 Å². The molecule has 17 heteroatoms. The summed E-state index contributed by atoms with van der Waals surface area (Å²) in [5.74, 6) is -1.30. The summed E-state index contributed by atoms with van der Waals surface area (Å²) in [6, 6.07) is 10.9. The monoisotopic (exact) mass is 755 g/mol. The number of anilines is 1. The smallest absolute Gasteiger partial charge is 0.387 e. The van der Waals surface area contributed by atoms with E-state index in [1.54, 1.807) is 0 Å². The summed E-state index contributed by atoms with van der Waals surface area (Å²) in [6.45, 7) is -2.86. The quantitative estimate of drug-likeness (QED) is 0.0851. The molecule has 0 radical (unpaired) electrons. The molecular formula is C32H29Cl2F2N3O8S2. The van der Waals surface area contributed by atoms with Crippen molar-refractivity contribution in [2.75, 3.05) is 25.4 Å². The second kappa shape index (κ2) is 15.2. The van der Waals surface area contributed by atoms with Crippen molar-refractivity contribution in [2.45, 2.75) is 36.9 Å². The molecule has 1 unspecified atom stereocenters. The highest BCUT2D eigenvalue weighted by Gasteiger charge is 2.29. The van der Waals surface area contributed by atoms with Gasteiger partial charge in [-0.2, -0.15) is 13.5 Å². The standard InChI is InChI=1S/C32H29Cl2F2N3O8S2/c1-38(2)30(40)20-4-3-5-21(12-20)49(43,44)37-25-10-11-48-29(25)31(41)46-27(14-22-23(33)15-39(42)16-24(22)34)19-8-9-26(47-32(35)36)28(13-19)45-17-18-6-7-18/h3-5,8-13,15-16,18,27,32,37H,6-7,14,17H2,1-2H3. The van der Waals surface area contributed by atoms with E-state index in [1.807, 2.05) is 0 Å². The third-order valence-corrected chi connectivity index (χ3v) is 10.2. The molecule has 1 N–H and O–H groups in total. The van der Waals surface area contributed by atoms with E-state index in [9.17, 15) is 32.0 Å². The number of aromatic nitrogens is 1. The molecule has 1 saturated carbocycles. The first-order chi connectivity index (χ1) is 23.2. The van der Waals surface area contributed by atoms with Gasteiger partial charge in [0.1, 0.15) is 21.0 Å². The Hall–Kier alpha value is -4.18. The summed E-state index contributed by atoms with van der Waals surface area (Å²) in [5, 5.41) is 13.3. The predicted molar refractivity (Wildman–Crippen MR) is 178 cm³/mol. The summed E-state index contributed by atoms with van der Waals surface area (Å²) >= 11 is 13.6. The second-order valence-electron chi connectivity index (χ2n) is 11.2. The van der Waals surface area contributed by atoms with Gasteiger partial charge in [0.15, 0.2) is 23.9 Å². The van der Waals surface area contributed by atoms with Gasteiger partial charge in [-0.1, -0.05) is 35.3 Å². The van der Waals surface area contributed by atoms with Crippen LogP contribution in [0.1, 0.15) is 50.1 Å². The van der Waals surface area contributed by atoms with E-state index >= 15 is 0 Å². The van der Waals surface area contributed by atoms with Crippen molar-refractivity contribution in [3.05, 3.63) is 103 Å². The fourth-order valence-corrected chi connectivity index (χ4v) is 7.16. The number of benzene rings is 2. The van der Waals surface area contributed by atoms with E-state index < -0.39 is 34.6 Å². The Bertz CT molecular complexity index is 1950. The number of esters is 1. The molecule has 0 saturated heterocycles. The summed E-state index contributed by atoms with van der Waals surface area (Å²) in [6.07, 6.45) is 2.65. The maximum Gasteiger partial charge on any atom is 0.387 e. The fraction of sp³-hybridized carbons (Fsp3) is 0.281. The maximum atomic E-state index is 13.7. The SMILES string of the molecule is CN(C)C(=O)c1cccc(S(=O)(=O)Nc2ccsc2C(=O)OC(Cc2c(Cl)c[n+]([O-])cc2Cl)c2ccc(OC(F)F)c(OCC3CC3)c2)c1. The molecule has 2 heterocycles. The molecule has 5 rings (SSSR count). The Balaban J connectivity index is 1.46. The lowest BCUT2D eigenvalue weighted by Crippen LogP contribution is -2.25. The normalized spacial score (nSPS) is 13.5. The van der Waals surface area contributed by atoms with E-state index in [2.05, 4.69) is 9.46 Å². The van der Waals surface area contributed by atoms with Crippen LogP contribution in [0.15, 0.2) is 71.2 Å². The minimum absolute atomic E-state index is 0.00652. The lowest BCUT2D eigenvalue weighted by Gasteiger charge is -2.21. The average Bonchev–Trinajstić information content (AvgIpc) is 3.76. The highest BCUT2D eigenvalue weighted by atomic mass is 35.5. The fourth-order valence-electron chi connectivity index (χ4n) is 4.65. The third-order valence-electron chi connectivity index (χ3n) is 7.32. The molecule has 49 heavy (non-hydrogen) atoms. The molecular weight excluding hydrogens is 727 g/mol. The van der Waals surface area contributed by atoms with Crippen LogP contribution in [-0.2, 0) is 21.2 Å². The highest BCUT2D eigenvalue weighted by Crippen LogP contribution is 2.39. The average molecular weight is 757 g/mol. The van der Waals surface area contributed by atoms with Crippen LogP contribution in [0, 0.1) is 11.1 Å². The molecule has 4 aromatic rings. The van der Waals surface area contributed by atoms with E-state index in [4.69, 9.17) is 32.7 Å². The number of amides is 1. The predicted octanol–water partition coefficient (Wildman–Crippen LogP) is 6.72. The summed E-state index contributed by atoms with van der Waals surface area (Å²) < 4.78 is 72.2. The number of halogens is 4. The van der Waals surface area contributed by atoms with Gasteiger partial charge in [0.25, 0.3) is 15.9 Å². The van der Waals surface area contributed by atoms with Crippen LogP contribution < -0.4 is 18.9 Å². The van der Waals surface area contributed by atoms with Crippen LogP contribution in [0.3, 0.4) is 0 Å². The van der Waals surface area contributed by atoms with Gasteiger partial charge in [0.2, 0.25) is 0 Å². The molecule has 1 aliphatic carbocycles. The van der Waals surface area contributed by atoms with Crippen molar-refractivity contribution < 1.29 is 45.7 Å². The van der Waals surface area contributed by atoms with Gasteiger partial charge in [-0.05, 0) is 66.1 Å². The number of thiophene rings is 1. The van der Waals surface area contributed by atoms with Crippen molar-refractivity contribution in [1.29, 1.82) is 0 Å². The van der Waals surface area contributed by atoms with E-state index in [1.165, 1.54) is 72.9 Å². The number of ether oxygens (including phenoxy) is 3. The molecule has 260 valence electrons. The highest BCUT2D eigenvalue weighted by molar-refractivity contribution is 7.92. The third kappa shape index (κ3) is 9.09. The number of sulfonamides is 1. The van der Waals surface area contributed by atoms with Gasteiger partial charge >= 0.3 is 12.6 Å². The molecule has 1 aliphatic rings. The number of hydrogen-bond acceptors (Lipinski definition) is 9.